The van der Waals surface area contributed by atoms with Gasteiger partial charge >= 0.3 is 11.7 Å². The summed E-state index contributed by atoms with van der Waals surface area (Å²) in [5.74, 6) is 2.40. The number of amides is 1. The Morgan fingerprint density at radius 2 is 1.88 bits per heavy atom. The molecule has 34 heavy (non-hydrogen) atoms. The Labute approximate surface area is 196 Å². The third-order valence-electron chi connectivity index (χ3n) is 6.95. The minimum Gasteiger partial charge on any atom is -0.493 e. The van der Waals surface area contributed by atoms with Crippen LogP contribution in [0.25, 0.3) is 11.2 Å². The van der Waals surface area contributed by atoms with Crippen molar-refractivity contribution in [3.05, 3.63) is 46.5 Å². The summed E-state index contributed by atoms with van der Waals surface area (Å²) in [4.78, 5) is 38.9. The van der Waals surface area contributed by atoms with E-state index in [9.17, 15) is 9.59 Å². The molecule has 3 aromatic rings. The van der Waals surface area contributed by atoms with Crippen molar-refractivity contribution in [1.29, 1.82) is 0 Å². The molecule has 0 radical (unpaired) electrons. The van der Waals surface area contributed by atoms with Gasteiger partial charge in [0.25, 0.3) is 0 Å². The average Bonchev–Trinajstić information content (AvgIpc) is 3.64. The summed E-state index contributed by atoms with van der Waals surface area (Å²) in [7, 11) is 1.64. The fourth-order valence-electron chi connectivity index (χ4n) is 4.53. The normalized spacial score (nSPS) is 18.9. The Morgan fingerprint density at radius 1 is 1.15 bits per heavy atom. The molecular formula is C24H28N6O4. The van der Waals surface area contributed by atoms with Crippen molar-refractivity contribution in [2.45, 2.75) is 18.8 Å². The molecule has 2 aliphatic heterocycles. The van der Waals surface area contributed by atoms with Crippen molar-refractivity contribution in [1.82, 2.24) is 24.0 Å². The van der Waals surface area contributed by atoms with E-state index in [1.165, 1.54) is 27.5 Å². The van der Waals surface area contributed by atoms with Gasteiger partial charge in [-0.05, 0) is 36.5 Å². The summed E-state index contributed by atoms with van der Waals surface area (Å²) in [6.45, 7) is 4.55. The van der Waals surface area contributed by atoms with Gasteiger partial charge in [0.2, 0.25) is 5.95 Å². The fraction of sp³-hybridized carbons (Fsp3) is 0.500. The summed E-state index contributed by atoms with van der Waals surface area (Å²) < 4.78 is 13.8. The lowest BCUT2D eigenvalue weighted by molar-refractivity contribution is 0.122. The van der Waals surface area contributed by atoms with Gasteiger partial charge in [-0.1, -0.05) is 12.1 Å². The second kappa shape index (κ2) is 8.43. The highest BCUT2D eigenvalue weighted by Gasteiger charge is 2.34. The van der Waals surface area contributed by atoms with Crippen LogP contribution in [0, 0.1) is 5.92 Å². The monoisotopic (exact) mass is 464 g/mol. The minimum absolute atomic E-state index is 0.247. The average molecular weight is 465 g/mol. The lowest BCUT2D eigenvalue weighted by Gasteiger charge is -2.39. The first-order chi connectivity index (χ1) is 16.6. The molecule has 0 N–H and O–H groups in total. The third kappa shape index (κ3) is 3.81. The second-order valence-electron chi connectivity index (χ2n) is 9.36. The van der Waals surface area contributed by atoms with Crippen LogP contribution in [0.1, 0.15) is 24.3 Å². The smallest absolute Gasteiger partial charge is 0.338 e. The number of hydrogen-bond acceptors (Lipinski definition) is 7. The highest BCUT2D eigenvalue weighted by atomic mass is 16.5. The van der Waals surface area contributed by atoms with Crippen LogP contribution >= 0.6 is 0 Å². The van der Waals surface area contributed by atoms with Gasteiger partial charge in [0.05, 0.1) is 26.0 Å². The van der Waals surface area contributed by atoms with Crippen molar-refractivity contribution in [3.63, 3.8) is 0 Å². The van der Waals surface area contributed by atoms with E-state index in [2.05, 4.69) is 22.1 Å². The topological polar surface area (TPSA) is 94.7 Å². The maximum atomic E-state index is 13.2. The molecule has 1 aliphatic carbocycles. The molecule has 1 amide bonds. The third-order valence-corrected chi connectivity index (χ3v) is 6.95. The van der Waals surface area contributed by atoms with Crippen LogP contribution in [-0.2, 0) is 11.8 Å². The first-order valence-corrected chi connectivity index (χ1v) is 11.9. The van der Waals surface area contributed by atoms with E-state index in [0.29, 0.717) is 56.5 Å². The van der Waals surface area contributed by atoms with E-state index in [1.807, 2.05) is 17.0 Å². The molecule has 6 rings (SSSR count). The number of fused-ring (bicyclic) bond motifs is 1. The van der Waals surface area contributed by atoms with Gasteiger partial charge in [0.15, 0.2) is 5.65 Å². The highest BCUT2D eigenvalue weighted by molar-refractivity contribution is 5.88. The largest absolute Gasteiger partial charge is 0.493 e. The summed E-state index contributed by atoms with van der Waals surface area (Å²) >= 11 is 0. The number of hydrogen-bond donors (Lipinski definition) is 0. The Kier molecular flexibility index (Phi) is 5.24. The van der Waals surface area contributed by atoms with Gasteiger partial charge < -0.3 is 19.3 Å². The van der Waals surface area contributed by atoms with E-state index in [1.54, 1.807) is 18.1 Å². The van der Waals surface area contributed by atoms with Crippen LogP contribution in [-0.4, -0.2) is 76.0 Å². The second-order valence-corrected chi connectivity index (χ2v) is 9.36. The van der Waals surface area contributed by atoms with Crippen molar-refractivity contribution in [2.24, 2.45) is 13.0 Å². The summed E-state index contributed by atoms with van der Waals surface area (Å²) in [6.07, 6.45) is 4.11. The number of rotatable bonds is 5. The van der Waals surface area contributed by atoms with Crippen LogP contribution in [0.4, 0.5) is 10.7 Å². The predicted molar refractivity (Wildman–Crippen MR) is 126 cm³/mol. The lowest BCUT2D eigenvalue weighted by Crippen LogP contribution is -2.52. The van der Waals surface area contributed by atoms with Gasteiger partial charge in [-0.3, -0.25) is 4.57 Å². The molecular weight excluding hydrogens is 436 g/mol. The van der Waals surface area contributed by atoms with Crippen molar-refractivity contribution in [3.8, 4) is 5.75 Å². The summed E-state index contributed by atoms with van der Waals surface area (Å²) in [5, 5.41) is 0. The standard InChI is InChI=1S/C24H28N6O4/c1-27-21-20(12-25-22(26-21)28-8-10-33-11-9-28)30(23(27)31)24(32)29-13-18(14-29)17-4-6-19(7-5-17)34-15-16-2-3-16/h4-7,12,16,18H,2-3,8-11,13-15H2,1H3. The van der Waals surface area contributed by atoms with Crippen LogP contribution in [0.2, 0.25) is 0 Å². The zero-order valence-electron chi connectivity index (χ0n) is 19.2. The van der Waals surface area contributed by atoms with E-state index in [4.69, 9.17) is 9.47 Å². The Balaban J connectivity index is 1.16. The molecule has 10 heteroatoms. The molecule has 4 heterocycles. The van der Waals surface area contributed by atoms with Crippen LogP contribution < -0.4 is 15.3 Å². The Morgan fingerprint density at radius 3 is 2.59 bits per heavy atom. The molecule has 178 valence electrons. The molecule has 1 saturated carbocycles. The molecule has 0 spiro atoms. The first-order valence-electron chi connectivity index (χ1n) is 11.9. The molecule has 0 bridgehead atoms. The summed E-state index contributed by atoms with van der Waals surface area (Å²) in [6, 6.07) is 7.81. The molecule has 2 aromatic heterocycles. The fourth-order valence-corrected chi connectivity index (χ4v) is 4.53. The van der Waals surface area contributed by atoms with Crippen LogP contribution in [0.5, 0.6) is 5.75 Å². The van der Waals surface area contributed by atoms with Crippen LogP contribution in [0.3, 0.4) is 0 Å². The van der Waals surface area contributed by atoms with Gasteiger partial charge in [-0.15, -0.1) is 0 Å². The van der Waals surface area contributed by atoms with Gasteiger partial charge in [-0.25, -0.2) is 19.1 Å². The van der Waals surface area contributed by atoms with Crippen molar-refractivity contribution in [2.75, 3.05) is 50.9 Å². The van der Waals surface area contributed by atoms with E-state index >= 15 is 0 Å². The number of ether oxygens (including phenoxy) is 2. The lowest BCUT2D eigenvalue weighted by atomic mass is 9.92. The van der Waals surface area contributed by atoms with E-state index in [-0.39, 0.29) is 11.9 Å². The highest BCUT2D eigenvalue weighted by Crippen LogP contribution is 2.31. The number of benzene rings is 1. The molecule has 2 saturated heterocycles. The number of morpholine rings is 1. The van der Waals surface area contributed by atoms with Gasteiger partial charge in [-0.2, -0.15) is 4.98 Å². The number of carbonyl (C=O) groups excluding carboxylic acids is 1. The zero-order chi connectivity index (χ0) is 23.2. The molecule has 1 aromatic carbocycles. The zero-order valence-corrected chi connectivity index (χ0v) is 19.2. The minimum atomic E-state index is -0.408. The molecule has 10 nitrogen and oxygen atoms in total. The van der Waals surface area contributed by atoms with Crippen LogP contribution in [0.15, 0.2) is 35.3 Å². The Hall–Kier alpha value is -3.40. The quantitative estimate of drug-likeness (QED) is 0.569. The first kappa shape index (κ1) is 21.2. The molecule has 3 aliphatic rings. The van der Waals surface area contributed by atoms with E-state index in [0.717, 1.165) is 18.3 Å². The number of anilines is 1. The maximum Gasteiger partial charge on any atom is 0.338 e. The summed E-state index contributed by atoms with van der Waals surface area (Å²) in [5.41, 5.74) is 1.64. The molecule has 3 fully saturated rings. The molecule has 0 unspecified atom stereocenters. The number of likely N-dealkylation sites (tertiary alicyclic amines) is 1. The maximum absolute atomic E-state index is 13.2. The number of imidazole rings is 1. The number of aryl methyl sites for hydroxylation is 1. The number of nitrogens with zero attached hydrogens (tertiary/aromatic N) is 6. The van der Waals surface area contributed by atoms with Crippen molar-refractivity contribution < 1.29 is 14.3 Å². The van der Waals surface area contributed by atoms with Gasteiger partial charge in [0.1, 0.15) is 11.3 Å². The molecule has 0 atom stereocenters. The number of carbonyl (C=O) groups is 1. The van der Waals surface area contributed by atoms with E-state index < -0.39 is 5.69 Å². The number of aromatic nitrogens is 4. The SMILES string of the molecule is Cn1c(=O)n(C(=O)N2CC(c3ccc(OCC4CC4)cc3)C2)c2cnc(N3CCOCC3)nc21. The van der Waals surface area contributed by atoms with Gasteiger partial charge in [0, 0.05) is 39.1 Å². The van der Waals surface area contributed by atoms with Crippen molar-refractivity contribution >= 4 is 23.1 Å². The Bertz CT molecular complexity index is 1270. The predicted octanol–water partition coefficient (Wildman–Crippen LogP) is 1.82.